The van der Waals surface area contributed by atoms with Gasteiger partial charge in [0, 0.05) is 46.0 Å². The number of aliphatic hydroxyl groups is 1. The molecule has 230 valence electrons. The van der Waals surface area contributed by atoms with Crippen LogP contribution in [0.1, 0.15) is 40.3 Å². The van der Waals surface area contributed by atoms with Crippen LogP contribution in [0.2, 0.25) is 5.02 Å². The molecule has 1 aliphatic rings. The van der Waals surface area contributed by atoms with E-state index in [2.05, 4.69) is 31.3 Å². The Morgan fingerprint density at radius 1 is 1.02 bits per heavy atom. The fourth-order valence-corrected chi connectivity index (χ4v) is 5.64. The van der Waals surface area contributed by atoms with Crippen LogP contribution in [0.5, 0.6) is 5.75 Å². The van der Waals surface area contributed by atoms with Gasteiger partial charge >= 0.3 is 0 Å². The highest BCUT2D eigenvalue weighted by molar-refractivity contribution is 9.10. The lowest BCUT2D eigenvalue weighted by atomic mass is 9.81. The number of nitrogens with one attached hydrogen (secondary N) is 1. The number of azide groups is 1. The van der Waals surface area contributed by atoms with Crippen molar-refractivity contribution in [3.63, 3.8) is 0 Å². The molecule has 5 rings (SSSR count). The molecule has 0 fully saturated rings. The molecule has 0 spiro atoms. The Morgan fingerprint density at radius 2 is 1.71 bits per heavy atom. The monoisotopic (exact) mass is 687 g/mol. The molecule has 11 heteroatoms. The van der Waals surface area contributed by atoms with Crippen LogP contribution in [0.3, 0.4) is 0 Å². The standard InChI is InChI=1S/C34H31BrClN5O4/c35-28-14-10-23(11-15-28)31-34(20-25-6-1-2-7-26(25)22-39-41-37,33(43)38-21-27-8-3-4-9-30(27)36)40-32(45-31)24-12-16-29(17-13-24)44-19-5-18-42/h1-4,6-17,31,42H,5,18-22H2,(H,38,43)/t31-,34-/m1/s1. The normalized spacial score (nSPS) is 17.1. The van der Waals surface area contributed by atoms with Crippen LogP contribution in [0.15, 0.2) is 112 Å². The van der Waals surface area contributed by atoms with Crippen LogP contribution in [0.25, 0.3) is 10.4 Å². The van der Waals surface area contributed by atoms with Gasteiger partial charge in [-0.2, -0.15) is 0 Å². The molecule has 0 aromatic heterocycles. The lowest BCUT2D eigenvalue weighted by molar-refractivity contribution is -0.129. The Morgan fingerprint density at radius 3 is 2.40 bits per heavy atom. The average Bonchev–Trinajstić information content (AvgIpc) is 3.45. The van der Waals surface area contributed by atoms with Gasteiger partial charge in [-0.15, -0.1) is 0 Å². The summed E-state index contributed by atoms with van der Waals surface area (Å²) < 4.78 is 13.2. The summed E-state index contributed by atoms with van der Waals surface area (Å²) in [7, 11) is 0. The summed E-state index contributed by atoms with van der Waals surface area (Å²) in [5, 5.41) is 16.5. The highest BCUT2D eigenvalue weighted by Crippen LogP contribution is 2.43. The number of rotatable bonds is 13. The van der Waals surface area contributed by atoms with E-state index in [1.807, 2.05) is 78.9 Å². The Labute approximate surface area is 274 Å². The second-order valence-electron chi connectivity index (χ2n) is 10.4. The fraction of sp³-hybridized carbons (Fsp3) is 0.235. The summed E-state index contributed by atoms with van der Waals surface area (Å²) in [5.41, 5.74) is 11.4. The minimum atomic E-state index is -1.44. The van der Waals surface area contributed by atoms with Crippen LogP contribution in [0.4, 0.5) is 0 Å². The Balaban J connectivity index is 1.60. The Kier molecular flexibility index (Phi) is 10.8. The van der Waals surface area contributed by atoms with Crippen LogP contribution in [-0.4, -0.2) is 35.7 Å². The second kappa shape index (κ2) is 15.1. The number of ether oxygens (including phenoxy) is 2. The highest BCUT2D eigenvalue weighted by atomic mass is 79.9. The summed E-state index contributed by atoms with van der Waals surface area (Å²) in [5.74, 6) is 0.615. The lowest BCUT2D eigenvalue weighted by Crippen LogP contribution is -2.49. The van der Waals surface area contributed by atoms with Crippen molar-refractivity contribution < 1.29 is 19.4 Å². The molecule has 1 amide bonds. The van der Waals surface area contributed by atoms with Crippen LogP contribution in [0, 0.1) is 0 Å². The van der Waals surface area contributed by atoms with Gasteiger partial charge in [-0.25, -0.2) is 4.99 Å². The molecule has 0 unspecified atom stereocenters. The molecule has 0 saturated heterocycles. The van der Waals surface area contributed by atoms with E-state index >= 15 is 0 Å². The molecule has 4 aromatic carbocycles. The number of hydrogen-bond acceptors (Lipinski definition) is 6. The highest BCUT2D eigenvalue weighted by Gasteiger charge is 2.53. The number of amides is 1. The third kappa shape index (κ3) is 7.67. The molecule has 2 N–H and O–H groups in total. The molecule has 0 bridgehead atoms. The molecule has 9 nitrogen and oxygen atoms in total. The minimum Gasteiger partial charge on any atom is -0.494 e. The SMILES string of the molecule is [N-]=[N+]=NCc1ccccc1C[C@@]1(C(=O)NCc2ccccc2Cl)N=C(c2ccc(OCCCO)cc2)O[C@@H]1c1ccc(Br)cc1. The average molecular weight is 689 g/mol. The molecule has 0 aliphatic carbocycles. The molecule has 45 heavy (non-hydrogen) atoms. The van der Waals surface area contributed by atoms with E-state index in [0.29, 0.717) is 35.3 Å². The molecular weight excluding hydrogens is 658 g/mol. The van der Waals surface area contributed by atoms with Gasteiger partial charge in [0.05, 0.1) is 13.2 Å². The topological polar surface area (TPSA) is 129 Å². The van der Waals surface area contributed by atoms with Crippen molar-refractivity contribution in [1.29, 1.82) is 0 Å². The van der Waals surface area contributed by atoms with E-state index in [0.717, 1.165) is 26.7 Å². The summed E-state index contributed by atoms with van der Waals surface area (Å²) in [6, 6.07) is 29.8. The first-order valence-corrected chi connectivity index (χ1v) is 15.6. The molecule has 0 saturated carbocycles. The molecule has 0 radical (unpaired) electrons. The van der Waals surface area contributed by atoms with Gasteiger partial charge in [0.15, 0.2) is 11.6 Å². The zero-order valence-corrected chi connectivity index (χ0v) is 26.6. The predicted octanol–water partition coefficient (Wildman–Crippen LogP) is 7.49. The number of carbonyl (C=O) groups is 1. The molecule has 4 aromatic rings. The van der Waals surface area contributed by atoms with E-state index in [1.165, 1.54) is 0 Å². The van der Waals surface area contributed by atoms with Gasteiger partial charge in [0.1, 0.15) is 5.75 Å². The van der Waals surface area contributed by atoms with E-state index in [4.69, 9.17) is 36.7 Å². The van der Waals surface area contributed by atoms with Crippen LogP contribution >= 0.6 is 27.5 Å². The van der Waals surface area contributed by atoms with Crippen molar-refractivity contribution in [3.8, 4) is 5.75 Å². The van der Waals surface area contributed by atoms with Crippen molar-refractivity contribution in [1.82, 2.24) is 5.32 Å². The number of halogens is 2. The maximum absolute atomic E-state index is 14.5. The lowest BCUT2D eigenvalue weighted by Gasteiger charge is -2.31. The van der Waals surface area contributed by atoms with Crippen LogP contribution in [-0.2, 0) is 29.0 Å². The largest absolute Gasteiger partial charge is 0.494 e. The van der Waals surface area contributed by atoms with Gasteiger partial charge < -0.3 is 19.9 Å². The van der Waals surface area contributed by atoms with E-state index in [-0.39, 0.29) is 32.0 Å². The van der Waals surface area contributed by atoms with Crippen molar-refractivity contribution in [2.45, 2.75) is 37.6 Å². The first kappa shape index (κ1) is 32.1. The van der Waals surface area contributed by atoms with E-state index in [9.17, 15) is 4.79 Å². The smallest absolute Gasteiger partial charge is 0.252 e. The maximum atomic E-state index is 14.5. The third-order valence-electron chi connectivity index (χ3n) is 7.48. The first-order valence-electron chi connectivity index (χ1n) is 14.4. The maximum Gasteiger partial charge on any atom is 0.252 e. The van der Waals surface area contributed by atoms with Gasteiger partial charge in [0.25, 0.3) is 5.91 Å². The number of aliphatic imine (C=N–C) groups is 1. The summed E-state index contributed by atoms with van der Waals surface area (Å²) in [6.45, 7) is 0.760. The number of benzene rings is 4. The molecule has 1 heterocycles. The van der Waals surface area contributed by atoms with Crippen molar-refractivity contribution >= 4 is 39.3 Å². The zero-order valence-electron chi connectivity index (χ0n) is 24.3. The summed E-state index contributed by atoms with van der Waals surface area (Å²) in [6.07, 6.45) is -0.0929. The van der Waals surface area contributed by atoms with Gasteiger partial charge in [0.2, 0.25) is 5.90 Å². The number of aliphatic hydroxyl groups excluding tert-OH is 1. The third-order valence-corrected chi connectivity index (χ3v) is 8.38. The predicted molar refractivity (Wildman–Crippen MR) is 177 cm³/mol. The summed E-state index contributed by atoms with van der Waals surface area (Å²) in [4.78, 5) is 22.6. The minimum absolute atomic E-state index is 0.0484. The molecular formula is C34H31BrClN5O4. The van der Waals surface area contributed by atoms with Crippen molar-refractivity contribution in [2.24, 2.45) is 10.1 Å². The van der Waals surface area contributed by atoms with E-state index in [1.54, 1.807) is 18.2 Å². The van der Waals surface area contributed by atoms with Crippen molar-refractivity contribution in [3.05, 3.63) is 145 Å². The molecule has 2 atom stereocenters. The number of nitrogens with zero attached hydrogens (tertiary/aromatic N) is 4. The summed E-state index contributed by atoms with van der Waals surface area (Å²) >= 11 is 9.93. The number of carbonyl (C=O) groups excluding carboxylic acids is 1. The van der Waals surface area contributed by atoms with Crippen LogP contribution < -0.4 is 10.1 Å². The van der Waals surface area contributed by atoms with Gasteiger partial charge in [-0.1, -0.05) is 87.2 Å². The second-order valence-corrected chi connectivity index (χ2v) is 11.8. The Bertz CT molecular complexity index is 1710. The number of hydrogen-bond donors (Lipinski definition) is 2. The van der Waals surface area contributed by atoms with Gasteiger partial charge in [-0.3, -0.25) is 4.79 Å². The van der Waals surface area contributed by atoms with Gasteiger partial charge in [-0.05, 0) is 70.2 Å². The first-order chi connectivity index (χ1) is 21.9. The van der Waals surface area contributed by atoms with E-state index < -0.39 is 11.6 Å². The van der Waals surface area contributed by atoms with Crippen molar-refractivity contribution in [2.75, 3.05) is 13.2 Å². The fourth-order valence-electron chi connectivity index (χ4n) is 5.17. The Hall–Kier alpha value is -4.34. The zero-order chi connectivity index (χ0) is 31.6. The molecule has 1 aliphatic heterocycles. The quantitative estimate of drug-likeness (QED) is 0.0653.